The van der Waals surface area contributed by atoms with Crippen LogP contribution in [0, 0.1) is 5.92 Å². The van der Waals surface area contributed by atoms with Gasteiger partial charge >= 0.3 is 0 Å². The highest BCUT2D eigenvalue weighted by Gasteiger charge is 2.32. The van der Waals surface area contributed by atoms with Crippen LogP contribution in [-0.2, 0) is 21.2 Å². The van der Waals surface area contributed by atoms with Crippen LogP contribution >= 0.6 is 0 Å². The minimum Gasteiger partial charge on any atom is -0.508 e. The summed E-state index contributed by atoms with van der Waals surface area (Å²) < 4.78 is 28.0. The van der Waals surface area contributed by atoms with Gasteiger partial charge in [-0.15, -0.1) is 0 Å². The molecule has 1 amide bonds. The van der Waals surface area contributed by atoms with Gasteiger partial charge in [0.15, 0.2) is 0 Å². The summed E-state index contributed by atoms with van der Waals surface area (Å²) in [6.07, 6.45) is 0.886. The van der Waals surface area contributed by atoms with Crippen molar-refractivity contribution in [2.24, 2.45) is 5.92 Å². The van der Waals surface area contributed by atoms with Gasteiger partial charge in [0.25, 0.3) is 0 Å². The van der Waals surface area contributed by atoms with Crippen molar-refractivity contribution in [2.45, 2.75) is 56.2 Å². The van der Waals surface area contributed by atoms with E-state index >= 15 is 0 Å². The van der Waals surface area contributed by atoms with Crippen LogP contribution < -0.4 is 10.6 Å². The Labute approximate surface area is 202 Å². The van der Waals surface area contributed by atoms with E-state index in [1.54, 1.807) is 0 Å². The molecule has 1 aliphatic rings. The molecular formula is C25H35N3O5S. The van der Waals surface area contributed by atoms with Gasteiger partial charge in [0.2, 0.25) is 15.9 Å². The summed E-state index contributed by atoms with van der Waals surface area (Å²) in [6.45, 7) is 4.62. The lowest BCUT2D eigenvalue weighted by Crippen LogP contribution is -2.54. The number of amides is 1. The quantitative estimate of drug-likeness (QED) is 0.383. The van der Waals surface area contributed by atoms with Gasteiger partial charge in [0.1, 0.15) is 5.75 Å². The Kier molecular flexibility index (Phi) is 9.07. The number of nitrogens with one attached hydrogen (secondary N) is 2. The molecule has 0 aromatic heterocycles. The first-order valence-electron chi connectivity index (χ1n) is 11.7. The summed E-state index contributed by atoms with van der Waals surface area (Å²) in [4.78, 5) is 12.9. The zero-order valence-corrected chi connectivity index (χ0v) is 20.5. The molecule has 3 rings (SSSR count). The van der Waals surface area contributed by atoms with E-state index in [4.69, 9.17) is 0 Å². The number of rotatable bonds is 11. The Balaban J connectivity index is 1.83. The van der Waals surface area contributed by atoms with Crippen LogP contribution in [0.1, 0.15) is 32.3 Å². The number of phenolic OH excluding ortho intramolecular Hbond substituents is 1. The largest absolute Gasteiger partial charge is 0.508 e. The molecule has 3 atom stereocenters. The van der Waals surface area contributed by atoms with E-state index in [-0.39, 0.29) is 41.6 Å². The molecule has 2 aromatic carbocycles. The van der Waals surface area contributed by atoms with Crippen LogP contribution in [0.3, 0.4) is 0 Å². The number of sulfonamides is 1. The van der Waals surface area contributed by atoms with Crippen molar-refractivity contribution in [1.82, 2.24) is 14.9 Å². The Morgan fingerprint density at radius 1 is 1.12 bits per heavy atom. The number of benzene rings is 2. The third kappa shape index (κ3) is 7.02. The van der Waals surface area contributed by atoms with E-state index in [0.717, 1.165) is 24.9 Å². The van der Waals surface area contributed by atoms with Crippen molar-refractivity contribution >= 4 is 15.9 Å². The molecule has 0 saturated carbocycles. The van der Waals surface area contributed by atoms with Gasteiger partial charge in [-0.05, 0) is 61.6 Å². The average Bonchev–Trinajstić information content (AvgIpc) is 3.34. The first kappa shape index (κ1) is 26.2. The molecule has 186 valence electrons. The van der Waals surface area contributed by atoms with Crippen LogP contribution in [-0.4, -0.2) is 66.7 Å². The molecule has 34 heavy (non-hydrogen) atoms. The number of aromatic hydroxyl groups is 1. The highest BCUT2D eigenvalue weighted by molar-refractivity contribution is 7.89. The molecule has 2 aromatic rings. The summed E-state index contributed by atoms with van der Waals surface area (Å²) in [5.74, 6) is -0.196. The SMILES string of the molecule is CC(C)CN(C[C@@H](O)[C@H](Cc1ccccc1)NC(=O)[C@H]1CCCN1)S(=O)(=O)c1ccc(O)cc1. The van der Waals surface area contributed by atoms with Gasteiger partial charge in [-0.25, -0.2) is 8.42 Å². The molecule has 0 bridgehead atoms. The lowest BCUT2D eigenvalue weighted by atomic mass is 10.00. The first-order chi connectivity index (χ1) is 16.2. The average molecular weight is 490 g/mol. The zero-order valence-electron chi connectivity index (χ0n) is 19.7. The third-order valence-corrected chi connectivity index (χ3v) is 7.75. The minimum atomic E-state index is -3.92. The highest BCUT2D eigenvalue weighted by atomic mass is 32.2. The molecule has 8 nitrogen and oxygen atoms in total. The van der Waals surface area contributed by atoms with Gasteiger partial charge < -0.3 is 20.8 Å². The number of aliphatic hydroxyl groups excluding tert-OH is 1. The fourth-order valence-corrected chi connectivity index (χ4v) is 5.75. The van der Waals surface area contributed by atoms with E-state index in [1.165, 1.54) is 28.6 Å². The van der Waals surface area contributed by atoms with Gasteiger partial charge in [0, 0.05) is 13.1 Å². The standard InChI is InChI=1S/C25H35N3O5S/c1-18(2)16-28(34(32,33)21-12-10-20(29)11-13-21)17-24(30)23(15-19-7-4-3-5-8-19)27-25(31)22-9-6-14-26-22/h3-5,7-8,10-13,18,22-24,26,29-30H,6,9,14-17H2,1-2H3,(H,27,31)/t22-,23+,24-/m1/s1. The topological polar surface area (TPSA) is 119 Å². The van der Waals surface area contributed by atoms with Crippen molar-refractivity contribution in [2.75, 3.05) is 19.6 Å². The molecule has 4 N–H and O–H groups in total. The maximum Gasteiger partial charge on any atom is 0.243 e. The summed E-state index contributed by atoms with van der Waals surface area (Å²) in [6, 6.07) is 13.9. The second kappa shape index (κ2) is 11.8. The van der Waals surface area contributed by atoms with Crippen LogP contribution in [0.2, 0.25) is 0 Å². The third-order valence-electron chi connectivity index (χ3n) is 5.90. The fraction of sp³-hybridized carbons (Fsp3) is 0.480. The number of carbonyl (C=O) groups is 1. The predicted octanol–water partition coefficient (Wildman–Crippen LogP) is 1.88. The molecule has 0 aliphatic carbocycles. The molecule has 0 radical (unpaired) electrons. The van der Waals surface area contributed by atoms with Crippen molar-refractivity contribution in [3.8, 4) is 5.75 Å². The number of carbonyl (C=O) groups excluding carboxylic acids is 1. The summed E-state index contributed by atoms with van der Waals surface area (Å²) in [7, 11) is -3.92. The molecular weight excluding hydrogens is 454 g/mol. The fourth-order valence-electron chi connectivity index (χ4n) is 4.12. The Bertz CT molecular complexity index is 1020. The van der Waals surface area contributed by atoms with Crippen molar-refractivity contribution in [3.63, 3.8) is 0 Å². The number of aliphatic hydroxyl groups is 1. The van der Waals surface area contributed by atoms with Crippen molar-refractivity contribution in [1.29, 1.82) is 0 Å². The highest BCUT2D eigenvalue weighted by Crippen LogP contribution is 2.21. The first-order valence-corrected chi connectivity index (χ1v) is 13.2. The second-order valence-electron chi connectivity index (χ2n) is 9.23. The monoisotopic (exact) mass is 489 g/mol. The maximum atomic E-state index is 13.4. The maximum absolute atomic E-state index is 13.4. The molecule has 1 aliphatic heterocycles. The number of nitrogens with zero attached hydrogens (tertiary/aromatic N) is 1. The molecule has 1 heterocycles. The molecule has 9 heteroatoms. The lowest BCUT2D eigenvalue weighted by molar-refractivity contribution is -0.124. The minimum absolute atomic E-state index is 0.0175. The van der Waals surface area contributed by atoms with E-state index in [9.17, 15) is 23.4 Å². The van der Waals surface area contributed by atoms with Gasteiger partial charge in [0.05, 0.1) is 23.1 Å². The summed E-state index contributed by atoms with van der Waals surface area (Å²) in [5.41, 5.74) is 0.933. The lowest BCUT2D eigenvalue weighted by Gasteiger charge is -2.31. The van der Waals surface area contributed by atoms with Gasteiger partial charge in [-0.3, -0.25) is 4.79 Å². The van der Waals surface area contributed by atoms with Crippen LogP contribution in [0.15, 0.2) is 59.5 Å². The number of hydrogen-bond acceptors (Lipinski definition) is 6. The summed E-state index contributed by atoms with van der Waals surface area (Å²) >= 11 is 0. The van der Waals surface area contributed by atoms with Gasteiger partial charge in [-0.1, -0.05) is 44.2 Å². The Morgan fingerprint density at radius 3 is 2.38 bits per heavy atom. The normalized spacial score (nSPS) is 18.2. The molecule has 1 saturated heterocycles. The Hall–Kier alpha value is -2.46. The Morgan fingerprint density at radius 2 is 1.79 bits per heavy atom. The van der Waals surface area contributed by atoms with E-state index in [1.807, 2.05) is 44.2 Å². The van der Waals surface area contributed by atoms with E-state index in [2.05, 4.69) is 10.6 Å². The predicted molar refractivity (Wildman–Crippen MR) is 131 cm³/mol. The number of hydrogen-bond donors (Lipinski definition) is 4. The molecule has 0 spiro atoms. The molecule has 0 unspecified atom stereocenters. The van der Waals surface area contributed by atoms with E-state index < -0.39 is 22.2 Å². The number of phenols is 1. The smallest absolute Gasteiger partial charge is 0.243 e. The van der Waals surface area contributed by atoms with E-state index in [0.29, 0.717) is 6.42 Å². The van der Waals surface area contributed by atoms with Crippen LogP contribution in [0.25, 0.3) is 0 Å². The zero-order chi connectivity index (χ0) is 24.7. The van der Waals surface area contributed by atoms with Crippen LogP contribution in [0.4, 0.5) is 0 Å². The van der Waals surface area contributed by atoms with Crippen LogP contribution in [0.5, 0.6) is 5.75 Å². The van der Waals surface area contributed by atoms with Gasteiger partial charge in [-0.2, -0.15) is 4.31 Å². The summed E-state index contributed by atoms with van der Waals surface area (Å²) in [5, 5.41) is 26.9. The molecule has 1 fully saturated rings. The second-order valence-corrected chi connectivity index (χ2v) is 11.2. The van der Waals surface area contributed by atoms with Crippen molar-refractivity contribution < 1.29 is 23.4 Å². The van der Waals surface area contributed by atoms with Crippen molar-refractivity contribution in [3.05, 3.63) is 60.2 Å².